The summed E-state index contributed by atoms with van der Waals surface area (Å²) in [5, 5.41) is 10.6. The third-order valence-corrected chi connectivity index (χ3v) is 6.23. The highest BCUT2D eigenvalue weighted by molar-refractivity contribution is 7.13. The molecule has 1 fully saturated rings. The molecule has 2 aromatic carbocycles. The van der Waals surface area contributed by atoms with Crippen LogP contribution in [0.15, 0.2) is 60.0 Å². The van der Waals surface area contributed by atoms with Crippen LogP contribution in [0.25, 0.3) is 0 Å². The number of piperidine rings is 1. The van der Waals surface area contributed by atoms with Gasteiger partial charge in [0.25, 0.3) is 0 Å². The van der Waals surface area contributed by atoms with Crippen LogP contribution in [-0.4, -0.2) is 29.3 Å². The number of aromatic nitrogens is 1. The molecule has 0 saturated carbocycles. The fourth-order valence-corrected chi connectivity index (χ4v) is 4.19. The normalized spacial score (nSPS) is 15.3. The number of nitrogens with zero attached hydrogens (tertiary/aromatic N) is 1. The van der Waals surface area contributed by atoms with E-state index in [4.69, 9.17) is 4.74 Å². The largest absolute Gasteiger partial charge is 0.489 e. The van der Waals surface area contributed by atoms with Gasteiger partial charge in [-0.2, -0.15) is 0 Å². The van der Waals surface area contributed by atoms with E-state index in [1.165, 1.54) is 11.3 Å². The van der Waals surface area contributed by atoms with Crippen molar-refractivity contribution in [2.75, 3.05) is 11.9 Å². The second-order valence-corrected chi connectivity index (χ2v) is 8.90. The quantitative estimate of drug-likeness (QED) is 0.438. The summed E-state index contributed by atoms with van der Waals surface area (Å²) in [6.45, 7) is 1.24. The van der Waals surface area contributed by atoms with Crippen molar-refractivity contribution in [1.82, 2.24) is 15.6 Å². The molecule has 0 aliphatic carbocycles. The Kier molecular flexibility index (Phi) is 7.87. The van der Waals surface area contributed by atoms with Gasteiger partial charge in [-0.05, 0) is 29.7 Å². The molecular formula is C25H26N4O4S. The van der Waals surface area contributed by atoms with Gasteiger partial charge in [0.2, 0.25) is 17.7 Å². The van der Waals surface area contributed by atoms with Crippen molar-refractivity contribution in [3.8, 4) is 5.75 Å². The molecule has 0 radical (unpaired) electrons. The molecule has 1 saturated heterocycles. The lowest BCUT2D eigenvalue weighted by Crippen LogP contribution is -2.40. The Morgan fingerprint density at radius 3 is 2.62 bits per heavy atom. The molecule has 9 heteroatoms. The molecule has 34 heavy (non-hydrogen) atoms. The SMILES string of the molecule is O=C1CCC(C(=O)Nc2nc(CC(=O)NCc3ccc(OCc4ccccc4)cc3)cs2)CN1. The first-order valence-electron chi connectivity index (χ1n) is 11.1. The molecule has 8 nitrogen and oxygen atoms in total. The van der Waals surface area contributed by atoms with E-state index in [0.717, 1.165) is 16.9 Å². The van der Waals surface area contributed by atoms with E-state index in [0.29, 0.717) is 43.4 Å². The molecule has 1 aliphatic rings. The van der Waals surface area contributed by atoms with Crippen LogP contribution in [0.3, 0.4) is 0 Å². The van der Waals surface area contributed by atoms with Gasteiger partial charge in [-0.1, -0.05) is 42.5 Å². The number of ether oxygens (including phenoxy) is 1. The van der Waals surface area contributed by atoms with Crippen molar-refractivity contribution >= 4 is 34.2 Å². The molecule has 1 atom stereocenters. The molecule has 1 unspecified atom stereocenters. The monoisotopic (exact) mass is 478 g/mol. The van der Waals surface area contributed by atoms with Crippen LogP contribution in [0, 0.1) is 5.92 Å². The molecule has 0 bridgehead atoms. The van der Waals surface area contributed by atoms with Gasteiger partial charge < -0.3 is 20.7 Å². The van der Waals surface area contributed by atoms with Crippen molar-refractivity contribution in [3.63, 3.8) is 0 Å². The number of thiazole rings is 1. The number of carbonyl (C=O) groups is 3. The van der Waals surface area contributed by atoms with E-state index in [9.17, 15) is 14.4 Å². The summed E-state index contributed by atoms with van der Waals surface area (Å²) in [5.41, 5.74) is 2.66. The highest BCUT2D eigenvalue weighted by Crippen LogP contribution is 2.19. The Bertz CT molecular complexity index is 1120. The van der Waals surface area contributed by atoms with E-state index in [2.05, 4.69) is 20.9 Å². The van der Waals surface area contributed by atoms with Crippen molar-refractivity contribution < 1.29 is 19.1 Å². The van der Waals surface area contributed by atoms with Crippen molar-refractivity contribution in [3.05, 3.63) is 76.8 Å². The molecule has 3 amide bonds. The van der Waals surface area contributed by atoms with Crippen molar-refractivity contribution in [1.29, 1.82) is 0 Å². The van der Waals surface area contributed by atoms with Gasteiger partial charge in [0.05, 0.1) is 18.0 Å². The lowest BCUT2D eigenvalue weighted by Gasteiger charge is -2.20. The molecule has 176 valence electrons. The third-order valence-electron chi connectivity index (χ3n) is 5.42. The molecule has 3 N–H and O–H groups in total. The molecule has 0 spiro atoms. The maximum atomic E-state index is 12.3. The first kappa shape index (κ1) is 23.4. The second-order valence-electron chi connectivity index (χ2n) is 8.04. The predicted molar refractivity (Wildman–Crippen MR) is 129 cm³/mol. The maximum absolute atomic E-state index is 12.3. The number of carbonyl (C=O) groups excluding carboxylic acids is 3. The van der Waals surface area contributed by atoms with E-state index in [-0.39, 0.29) is 30.1 Å². The van der Waals surface area contributed by atoms with Crippen LogP contribution in [0.4, 0.5) is 5.13 Å². The smallest absolute Gasteiger partial charge is 0.231 e. The first-order valence-corrected chi connectivity index (χ1v) is 12.0. The number of benzene rings is 2. The summed E-state index contributed by atoms with van der Waals surface area (Å²) in [5.74, 6) is 0.165. The number of amides is 3. The number of hydrogen-bond acceptors (Lipinski definition) is 6. The summed E-state index contributed by atoms with van der Waals surface area (Å²) in [4.78, 5) is 40.2. The molecule has 1 aromatic heterocycles. The highest BCUT2D eigenvalue weighted by Gasteiger charge is 2.25. The Morgan fingerprint density at radius 2 is 1.88 bits per heavy atom. The zero-order valence-corrected chi connectivity index (χ0v) is 19.4. The highest BCUT2D eigenvalue weighted by atomic mass is 32.1. The van der Waals surface area contributed by atoms with Gasteiger partial charge in [-0.3, -0.25) is 14.4 Å². The zero-order valence-electron chi connectivity index (χ0n) is 18.6. The van der Waals surface area contributed by atoms with Gasteiger partial charge in [0, 0.05) is 24.9 Å². The van der Waals surface area contributed by atoms with Gasteiger partial charge >= 0.3 is 0 Å². The minimum Gasteiger partial charge on any atom is -0.489 e. The van der Waals surface area contributed by atoms with Gasteiger partial charge in [-0.15, -0.1) is 11.3 Å². The summed E-state index contributed by atoms with van der Waals surface area (Å²) >= 11 is 1.28. The summed E-state index contributed by atoms with van der Waals surface area (Å²) in [6.07, 6.45) is 1.01. The van der Waals surface area contributed by atoms with Crippen molar-refractivity contribution in [2.24, 2.45) is 5.92 Å². The standard InChI is InChI=1S/C25H26N4O4S/c30-22-11-8-19(14-27-22)24(32)29-25-28-20(16-34-25)12-23(31)26-13-17-6-9-21(10-7-17)33-15-18-4-2-1-3-5-18/h1-7,9-10,16,19H,8,11-15H2,(H,26,31)(H,27,30)(H,28,29,32). The predicted octanol–water partition coefficient (Wildman–Crippen LogP) is 3.05. The number of anilines is 1. The Hall–Kier alpha value is -3.72. The van der Waals surface area contributed by atoms with Crippen LogP contribution >= 0.6 is 11.3 Å². The van der Waals surface area contributed by atoms with Crippen LogP contribution in [-0.2, 0) is 34.0 Å². The van der Waals surface area contributed by atoms with Crippen LogP contribution < -0.4 is 20.7 Å². The molecule has 1 aliphatic heterocycles. The first-order chi connectivity index (χ1) is 16.5. The molecular weight excluding hydrogens is 452 g/mol. The average molecular weight is 479 g/mol. The van der Waals surface area contributed by atoms with Gasteiger partial charge in [0.15, 0.2) is 5.13 Å². The second kappa shape index (κ2) is 11.4. The molecule has 3 aromatic rings. The fourth-order valence-electron chi connectivity index (χ4n) is 3.48. The summed E-state index contributed by atoms with van der Waals surface area (Å²) < 4.78 is 5.78. The van der Waals surface area contributed by atoms with Crippen molar-refractivity contribution in [2.45, 2.75) is 32.4 Å². The Labute approximate surface area is 201 Å². The fraction of sp³-hybridized carbons (Fsp3) is 0.280. The van der Waals surface area contributed by atoms with E-state index < -0.39 is 0 Å². The molecule has 4 rings (SSSR count). The van der Waals surface area contributed by atoms with E-state index >= 15 is 0 Å². The summed E-state index contributed by atoms with van der Waals surface area (Å²) in [6, 6.07) is 17.6. The van der Waals surface area contributed by atoms with E-state index in [1.54, 1.807) is 5.38 Å². The van der Waals surface area contributed by atoms with Crippen LogP contribution in [0.1, 0.15) is 29.7 Å². The average Bonchev–Trinajstić information content (AvgIpc) is 3.29. The van der Waals surface area contributed by atoms with Crippen LogP contribution in [0.2, 0.25) is 0 Å². The number of hydrogen-bond donors (Lipinski definition) is 3. The minimum atomic E-state index is -0.261. The van der Waals surface area contributed by atoms with Gasteiger partial charge in [0.1, 0.15) is 12.4 Å². The Morgan fingerprint density at radius 1 is 1.09 bits per heavy atom. The topological polar surface area (TPSA) is 109 Å². The molecule has 2 heterocycles. The lowest BCUT2D eigenvalue weighted by molar-refractivity contribution is -0.126. The maximum Gasteiger partial charge on any atom is 0.231 e. The third kappa shape index (κ3) is 6.89. The lowest BCUT2D eigenvalue weighted by atomic mass is 9.98. The Balaban J connectivity index is 1.19. The number of nitrogens with one attached hydrogen (secondary N) is 3. The summed E-state index contributed by atoms with van der Waals surface area (Å²) in [7, 11) is 0. The van der Waals surface area contributed by atoms with E-state index in [1.807, 2.05) is 54.6 Å². The van der Waals surface area contributed by atoms with Gasteiger partial charge in [-0.25, -0.2) is 4.98 Å². The number of rotatable bonds is 9. The zero-order chi connectivity index (χ0) is 23.8. The minimum absolute atomic E-state index is 0.0288. The van der Waals surface area contributed by atoms with Crippen LogP contribution in [0.5, 0.6) is 5.75 Å².